The maximum atomic E-state index is 12.5. The van der Waals surface area contributed by atoms with Crippen molar-refractivity contribution in [3.05, 3.63) is 52.2 Å². The number of benzene rings is 1. The lowest BCUT2D eigenvalue weighted by Gasteiger charge is -2.23. The zero-order valence-electron chi connectivity index (χ0n) is 13.6. The average molecular weight is 380 g/mol. The number of carbonyl (C=O) groups is 1. The average Bonchev–Trinajstić information content (AvgIpc) is 3.14. The third-order valence-corrected chi connectivity index (χ3v) is 6.29. The molecule has 1 aliphatic heterocycles. The smallest absolute Gasteiger partial charge is 0.251 e. The van der Waals surface area contributed by atoms with Gasteiger partial charge in [-0.05, 0) is 42.5 Å². The quantitative estimate of drug-likeness (QED) is 0.804. The van der Waals surface area contributed by atoms with E-state index >= 15 is 0 Å². The maximum Gasteiger partial charge on any atom is 0.251 e. The predicted molar refractivity (Wildman–Crippen MR) is 96.1 cm³/mol. The normalized spacial score (nSPS) is 18.0. The summed E-state index contributed by atoms with van der Waals surface area (Å²) in [5.74, 6) is -0.300. The largest absolute Gasteiger partial charge is 0.380 e. The summed E-state index contributed by atoms with van der Waals surface area (Å²) in [5, 5.41) is 4.74. The van der Waals surface area contributed by atoms with Crippen LogP contribution in [0.15, 0.2) is 46.7 Å². The summed E-state index contributed by atoms with van der Waals surface area (Å²) < 4.78 is 33.0. The van der Waals surface area contributed by atoms with Gasteiger partial charge in [-0.3, -0.25) is 4.79 Å². The molecule has 2 N–H and O–H groups in total. The second kappa shape index (κ2) is 8.09. The van der Waals surface area contributed by atoms with Crippen molar-refractivity contribution in [1.29, 1.82) is 0 Å². The van der Waals surface area contributed by atoms with E-state index in [1.165, 1.54) is 12.1 Å². The lowest BCUT2D eigenvalue weighted by molar-refractivity contribution is 0.0774. The van der Waals surface area contributed by atoms with Gasteiger partial charge in [-0.1, -0.05) is 12.1 Å². The van der Waals surface area contributed by atoms with E-state index in [1.54, 1.807) is 23.5 Å². The van der Waals surface area contributed by atoms with Crippen molar-refractivity contribution in [2.45, 2.75) is 30.3 Å². The van der Waals surface area contributed by atoms with Gasteiger partial charge in [-0.15, -0.1) is 11.3 Å². The van der Waals surface area contributed by atoms with Gasteiger partial charge in [0.05, 0.1) is 18.0 Å². The standard InChI is InChI=1S/C17H20N2O4S2/c20-17(18-11-15-6-3-9-24-15)13-4-1-7-16(10-13)25(21,22)19-14-5-2-8-23-12-14/h1,3-4,6-7,9-10,14,19H,2,5,8,11-12H2,(H,18,20)/t14-/m1/s1. The summed E-state index contributed by atoms with van der Waals surface area (Å²) in [4.78, 5) is 13.4. The number of ether oxygens (including phenoxy) is 1. The molecule has 0 spiro atoms. The first-order valence-corrected chi connectivity index (χ1v) is 10.4. The molecule has 3 rings (SSSR count). The number of rotatable bonds is 6. The molecule has 0 radical (unpaired) electrons. The number of sulfonamides is 1. The minimum absolute atomic E-state index is 0.0850. The summed E-state index contributed by atoms with van der Waals surface area (Å²) in [6.07, 6.45) is 1.58. The lowest BCUT2D eigenvalue weighted by atomic mass is 10.1. The molecule has 2 aromatic rings. The van der Waals surface area contributed by atoms with Crippen molar-refractivity contribution in [3.63, 3.8) is 0 Å². The summed E-state index contributed by atoms with van der Waals surface area (Å²) >= 11 is 1.55. The van der Waals surface area contributed by atoms with Crippen molar-refractivity contribution in [3.8, 4) is 0 Å². The third-order valence-electron chi connectivity index (χ3n) is 3.89. The fraction of sp³-hybridized carbons (Fsp3) is 0.353. The minimum Gasteiger partial charge on any atom is -0.380 e. The molecule has 0 bridgehead atoms. The van der Waals surface area contributed by atoms with Gasteiger partial charge < -0.3 is 10.1 Å². The van der Waals surface area contributed by atoms with E-state index in [1.807, 2.05) is 17.5 Å². The third kappa shape index (κ3) is 4.88. The molecule has 0 saturated carbocycles. The highest BCUT2D eigenvalue weighted by molar-refractivity contribution is 7.89. The Bertz CT molecular complexity index is 813. The Hall–Kier alpha value is -1.74. The predicted octanol–water partition coefficient (Wildman–Crippen LogP) is 2.14. The van der Waals surface area contributed by atoms with Crippen molar-refractivity contribution in [1.82, 2.24) is 10.0 Å². The number of carbonyl (C=O) groups excluding carboxylic acids is 1. The molecule has 0 aliphatic carbocycles. The molecule has 1 aromatic heterocycles. The molecule has 1 amide bonds. The van der Waals surface area contributed by atoms with Crippen LogP contribution in [0.25, 0.3) is 0 Å². The first kappa shape index (κ1) is 18.1. The van der Waals surface area contributed by atoms with E-state index in [0.29, 0.717) is 25.3 Å². The van der Waals surface area contributed by atoms with E-state index in [0.717, 1.165) is 17.7 Å². The number of nitrogens with one attached hydrogen (secondary N) is 2. The molecule has 25 heavy (non-hydrogen) atoms. The van der Waals surface area contributed by atoms with Crippen LogP contribution in [0.1, 0.15) is 28.1 Å². The summed E-state index contributed by atoms with van der Waals surface area (Å²) in [5.41, 5.74) is 0.319. The molecule has 6 nitrogen and oxygen atoms in total. The molecule has 8 heteroatoms. The number of amides is 1. The molecular weight excluding hydrogens is 360 g/mol. The fourth-order valence-corrected chi connectivity index (χ4v) is 4.55. The fourth-order valence-electron chi connectivity index (χ4n) is 2.61. The van der Waals surface area contributed by atoms with Crippen LogP contribution in [-0.2, 0) is 21.3 Å². The molecule has 1 aromatic carbocycles. The number of thiophene rings is 1. The van der Waals surface area contributed by atoms with Crippen LogP contribution in [0.2, 0.25) is 0 Å². The summed E-state index contributed by atoms with van der Waals surface area (Å²) in [7, 11) is -3.68. The molecule has 0 unspecified atom stereocenters. The van der Waals surface area contributed by atoms with Gasteiger partial charge in [0.1, 0.15) is 0 Å². The molecule has 1 atom stereocenters. The van der Waals surface area contributed by atoms with Crippen molar-refractivity contribution >= 4 is 27.3 Å². The van der Waals surface area contributed by atoms with Gasteiger partial charge in [-0.2, -0.15) is 0 Å². The highest BCUT2D eigenvalue weighted by Crippen LogP contribution is 2.15. The number of hydrogen-bond donors (Lipinski definition) is 2. The first-order chi connectivity index (χ1) is 12.0. The first-order valence-electron chi connectivity index (χ1n) is 8.05. The molecule has 1 saturated heterocycles. The highest BCUT2D eigenvalue weighted by atomic mass is 32.2. The maximum absolute atomic E-state index is 12.5. The molecule has 134 valence electrons. The van der Waals surface area contributed by atoms with Crippen molar-refractivity contribution in [2.75, 3.05) is 13.2 Å². The van der Waals surface area contributed by atoms with Gasteiger partial charge in [0.15, 0.2) is 0 Å². The van der Waals surface area contributed by atoms with Crippen LogP contribution in [0.3, 0.4) is 0 Å². The lowest BCUT2D eigenvalue weighted by Crippen LogP contribution is -2.40. The second-order valence-corrected chi connectivity index (χ2v) is 8.57. The molecule has 1 fully saturated rings. The summed E-state index contributed by atoms with van der Waals surface area (Å²) in [6.45, 7) is 1.46. The summed E-state index contributed by atoms with van der Waals surface area (Å²) in [6, 6.07) is 9.69. The Balaban J connectivity index is 1.68. The van der Waals surface area contributed by atoms with Gasteiger partial charge in [0.25, 0.3) is 5.91 Å². The Morgan fingerprint density at radius 1 is 1.28 bits per heavy atom. The van der Waals surface area contributed by atoms with Crippen LogP contribution in [-0.4, -0.2) is 33.6 Å². The van der Waals surface area contributed by atoms with Crippen LogP contribution < -0.4 is 10.0 Å². The monoisotopic (exact) mass is 380 g/mol. The van der Waals surface area contributed by atoms with E-state index in [9.17, 15) is 13.2 Å². The number of hydrogen-bond acceptors (Lipinski definition) is 5. The van der Waals surface area contributed by atoms with E-state index < -0.39 is 10.0 Å². The van der Waals surface area contributed by atoms with Crippen LogP contribution in [0.5, 0.6) is 0 Å². The van der Waals surface area contributed by atoms with Gasteiger partial charge in [-0.25, -0.2) is 13.1 Å². The SMILES string of the molecule is O=C(NCc1cccs1)c1cccc(S(=O)(=O)N[C@@H]2CCCOC2)c1. The Morgan fingerprint density at radius 3 is 2.88 bits per heavy atom. The van der Waals surface area contributed by atoms with Gasteiger partial charge >= 0.3 is 0 Å². The van der Waals surface area contributed by atoms with E-state index in [4.69, 9.17) is 4.74 Å². The van der Waals surface area contributed by atoms with Crippen molar-refractivity contribution < 1.29 is 17.9 Å². The molecule has 2 heterocycles. The topological polar surface area (TPSA) is 84.5 Å². The van der Waals surface area contributed by atoms with Crippen LogP contribution >= 0.6 is 11.3 Å². The van der Waals surface area contributed by atoms with E-state index in [-0.39, 0.29) is 16.8 Å². The zero-order valence-corrected chi connectivity index (χ0v) is 15.2. The Kier molecular flexibility index (Phi) is 5.85. The highest BCUT2D eigenvalue weighted by Gasteiger charge is 2.23. The van der Waals surface area contributed by atoms with E-state index in [2.05, 4.69) is 10.0 Å². The minimum atomic E-state index is -3.68. The molecule has 1 aliphatic rings. The van der Waals surface area contributed by atoms with Crippen molar-refractivity contribution in [2.24, 2.45) is 0 Å². The zero-order chi connectivity index (χ0) is 17.7. The van der Waals surface area contributed by atoms with Crippen LogP contribution in [0, 0.1) is 0 Å². The Morgan fingerprint density at radius 2 is 2.16 bits per heavy atom. The molecular formula is C17H20N2O4S2. The second-order valence-electron chi connectivity index (χ2n) is 5.83. The van der Waals surface area contributed by atoms with Gasteiger partial charge in [0.2, 0.25) is 10.0 Å². The van der Waals surface area contributed by atoms with Crippen LogP contribution in [0.4, 0.5) is 0 Å². The Labute approximate surface area is 151 Å². The van der Waals surface area contributed by atoms with Gasteiger partial charge in [0, 0.05) is 23.1 Å².